The molecule has 0 spiro atoms. The molecule has 0 bridgehead atoms. The van der Waals surface area contributed by atoms with Crippen molar-refractivity contribution in [3.05, 3.63) is 53.3 Å². The Hall–Kier alpha value is -1.38. The van der Waals surface area contributed by atoms with Crippen LogP contribution in [0.1, 0.15) is 24.8 Å². The number of hydrogen-bond donors (Lipinski definition) is 1. The summed E-state index contributed by atoms with van der Waals surface area (Å²) in [5.74, 6) is 0.447. The highest BCUT2D eigenvalue weighted by Crippen LogP contribution is 2.31. The van der Waals surface area contributed by atoms with Crippen molar-refractivity contribution < 1.29 is 0 Å². The second-order valence-corrected chi connectivity index (χ2v) is 4.87. The molecule has 0 fully saturated rings. The minimum absolute atomic E-state index is 0.447. The van der Waals surface area contributed by atoms with E-state index in [-0.39, 0.29) is 0 Å². The van der Waals surface area contributed by atoms with Crippen molar-refractivity contribution in [2.24, 2.45) is 5.73 Å². The van der Waals surface area contributed by atoms with Crippen LogP contribution >= 0.6 is 11.6 Å². The average Bonchev–Trinajstić information content (AvgIpc) is 2.40. The molecule has 1 aromatic carbocycles. The first kappa shape index (κ1) is 13.1. The van der Waals surface area contributed by atoms with Crippen molar-refractivity contribution in [2.75, 3.05) is 6.54 Å². The highest BCUT2D eigenvalue weighted by molar-refractivity contribution is 6.33. The van der Waals surface area contributed by atoms with Gasteiger partial charge in [0.1, 0.15) is 0 Å². The third-order valence-electron chi connectivity index (χ3n) is 3.13. The molecule has 2 rings (SSSR count). The van der Waals surface area contributed by atoms with E-state index in [2.05, 4.69) is 24.0 Å². The second kappa shape index (κ2) is 5.98. The van der Waals surface area contributed by atoms with E-state index >= 15 is 0 Å². The van der Waals surface area contributed by atoms with Gasteiger partial charge in [-0.1, -0.05) is 30.7 Å². The molecule has 1 aromatic heterocycles. The zero-order valence-corrected chi connectivity index (χ0v) is 11.2. The molecule has 0 amide bonds. The quantitative estimate of drug-likeness (QED) is 0.907. The van der Waals surface area contributed by atoms with Crippen LogP contribution in [0.3, 0.4) is 0 Å². The Morgan fingerprint density at radius 2 is 2.17 bits per heavy atom. The summed E-state index contributed by atoms with van der Waals surface area (Å²) < 4.78 is 0. The normalized spacial score (nSPS) is 12.4. The first-order valence-electron chi connectivity index (χ1n) is 6.12. The molecule has 2 nitrogen and oxygen atoms in total. The monoisotopic (exact) mass is 260 g/mol. The van der Waals surface area contributed by atoms with Gasteiger partial charge in [-0.15, -0.1) is 0 Å². The number of hydrogen-bond acceptors (Lipinski definition) is 2. The molecule has 2 N–H and O–H groups in total. The van der Waals surface area contributed by atoms with E-state index in [1.165, 1.54) is 5.56 Å². The van der Waals surface area contributed by atoms with Crippen molar-refractivity contribution in [3.63, 3.8) is 0 Å². The molecule has 0 saturated heterocycles. The maximum atomic E-state index is 6.26. The summed E-state index contributed by atoms with van der Waals surface area (Å²) >= 11 is 6.26. The molecule has 1 heterocycles. The largest absolute Gasteiger partial charge is 0.330 e. The van der Waals surface area contributed by atoms with Crippen LogP contribution in [0, 0.1) is 0 Å². The van der Waals surface area contributed by atoms with Crippen LogP contribution in [0.4, 0.5) is 0 Å². The second-order valence-electron chi connectivity index (χ2n) is 4.46. The number of halogens is 1. The van der Waals surface area contributed by atoms with Gasteiger partial charge < -0.3 is 5.73 Å². The first-order chi connectivity index (χ1) is 8.72. The lowest BCUT2D eigenvalue weighted by Gasteiger charge is -2.13. The fourth-order valence-electron chi connectivity index (χ4n) is 2.01. The molecule has 2 aromatic rings. The van der Waals surface area contributed by atoms with Gasteiger partial charge in [-0.05, 0) is 42.6 Å². The number of rotatable bonds is 4. The standard InChI is InChI=1S/C15H17ClN2/c1-11(6-7-17)12-4-5-15(16)14(9-12)13-3-2-8-18-10-13/h2-5,8-11H,6-7,17H2,1H3. The molecule has 0 saturated carbocycles. The van der Waals surface area contributed by atoms with Gasteiger partial charge in [0.15, 0.2) is 0 Å². The summed E-state index contributed by atoms with van der Waals surface area (Å²) in [4.78, 5) is 4.13. The van der Waals surface area contributed by atoms with Crippen LogP contribution < -0.4 is 5.73 Å². The van der Waals surface area contributed by atoms with E-state index in [9.17, 15) is 0 Å². The highest BCUT2D eigenvalue weighted by atomic mass is 35.5. The van der Waals surface area contributed by atoms with Crippen LogP contribution in [0.15, 0.2) is 42.7 Å². The van der Waals surface area contributed by atoms with E-state index in [0.717, 1.165) is 22.6 Å². The zero-order valence-electron chi connectivity index (χ0n) is 10.4. The van der Waals surface area contributed by atoms with E-state index < -0.39 is 0 Å². The topological polar surface area (TPSA) is 38.9 Å². The molecule has 3 heteroatoms. The number of nitrogens with zero attached hydrogens (tertiary/aromatic N) is 1. The van der Waals surface area contributed by atoms with Gasteiger partial charge >= 0.3 is 0 Å². The van der Waals surface area contributed by atoms with Gasteiger partial charge in [0.2, 0.25) is 0 Å². The lowest BCUT2D eigenvalue weighted by molar-refractivity contribution is 0.690. The fourth-order valence-corrected chi connectivity index (χ4v) is 2.24. The zero-order chi connectivity index (χ0) is 13.0. The Bertz CT molecular complexity index is 511. The first-order valence-corrected chi connectivity index (χ1v) is 6.50. The SMILES string of the molecule is CC(CCN)c1ccc(Cl)c(-c2cccnc2)c1. The van der Waals surface area contributed by atoms with Crippen LogP contribution in [-0.2, 0) is 0 Å². The molecule has 18 heavy (non-hydrogen) atoms. The Labute approximate surface area is 113 Å². The molecule has 1 atom stereocenters. The third-order valence-corrected chi connectivity index (χ3v) is 3.46. The number of nitrogens with two attached hydrogens (primary N) is 1. The van der Waals surface area contributed by atoms with Gasteiger partial charge in [0.05, 0.1) is 0 Å². The Morgan fingerprint density at radius 1 is 1.33 bits per heavy atom. The molecule has 1 unspecified atom stereocenters. The van der Waals surface area contributed by atoms with Crippen LogP contribution in [0.25, 0.3) is 11.1 Å². The van der Waals surface area contributed by atoms with Gasteiger partial charge in [-0.3, -0.25) is 4.98 Å². The lowest BCUT2D eigenvalue weighted by Crippen LogP contribution is -2.04. The number of pyridine rings is 1. The molecule has 0 radical (unpaired) electrons. The van der Waals surface area contributed by atoms with Crippen LogP contribution in [-0.4, -0.2) is 11.5 Å². The van der Waals surface area contributed by atoms with E-state index in [4.69, 9.17) is 17.3 Å². The van der Waals surface area contributed by atoms with Crippen molar-refractivity contribution in [1.82, 2.24) is 4.98 Å². The Kier molecular flexibility index (Phi) is 4.34. The van der Waals surface area contributed by atoms with Crippen LogP contribution in [0.2, 0.25) is 5.02 Å². The van der Waals surface area contributed by atoms with Crippen molar-refractivity contribution in [2.45, 2.75) is 19.3 Å². The minimum Gasteiger partial charge on any atom is -0.330 e. The molecule has 0 aliphatic heterocycles. The van der Waals surface area contributed by atoms with Gasteiger partial charge in [-0.2, -0.15) is 0 Å². The van der Waals surface area contributed by atoms with E-state index in [0.29, 0.717) is 12.5 Å². The summed E-state index contributed by atoms with van der Waals surface area (Å²) in [5, 5.41) is 0.756. The maximum Gasteiger partial charge on any atom is 0.0485 e. The van der Waals surface area contributed by atoms with E-state index in [1.807, 2.05) is 24.4 Å². The summed E-state index contributed by atoms with van der Waals surface area (Å²) in [6.45, 7) is 2.88. The lowest BCUT2D eigenvalue weighted by atomic mass is 9.94. The molecular weight excluding hydrogens is 244 g/mol. The average molecular weight is 261 g/mol. The minimum atomic E-state index is 0.447. The summed E-state index contributed by atoms with van der Waals surface area (Å²) in [5.41, 5.74) is 8.96. The summed E-state index contributed by atoms with van der Waals surface area (Å²) in [6.07, 6.45) is 4.57. The summed E-state index contributed by atoms with van der Waals surface area (Å²) in [6, 6.07) is 10.1. The Balaban J connectivity index is 2.39. The fraction of sp³-hybridized carbons (Fsp3) is 0.267. The van der Waals surface area contributed by atoms with Crippen molar-refractivity contribution >= 4 is 11.6 Å². The highest BCUT2D eigenvalue weighted by Gasteiger charge is 2.09. The van der Waals surface area contributed by atoms with Crippen molar-refractivity contribution in [3.8, 4) is 11.1 Å². The molecule has 94 valence electrons. The predicted octanol–water partition coefficient (Wildman–Crippen LogP) is 3.85. The molecule has 0 aliphatic carbocycles. The van der Waals surface area contributed by atoms with Gasteiger partial charge in [-0.25, -0.2) is 0 Å². The van der Waals surface area contributed by atoms with Crippen molar-refractivity contribution in [1.29, 1.82) is 0 Å². The molecular formula is C15H17ClN2. The maximum absolute atomic E-state index is 6.26. The smallest absolute Gasteiger partial charge is 0.0485 e. The number of benzene rings is 1. The molecule has 0 aliphatic rings. The summed E-state index contributed by atoms with van der Waals surface area (Å²) in [7, 11) is 0. The number of aromatic nitrogens is 1. The van der Waals surface area contributed by atoms with Crippen LogP contribution in [0.5, 0.6) is 0 Å². The Morgan fingerprint density at radius 3 is 2.83 bits per heavy atom. The van der Waals surface area contributed by atoms with E-state index in [1.54, 1.807) is 6.20 Å². The third kappa shape index (κ3) is 2.89. The van der Waals surface area contributed by atoms with Gasteiger partial charge in [0.25, 0.3) is 0 Å². The van der Waals surface area contributed by atoms with Gasteiger partial charge in [0, 0.05) is 28.5 Å². The predicted molar refractivity (Wildman–Crippen MR) is 76.8 cm³/mol.